The Morgan fingerprint density at radius 3 is 2.71 bits per heavy atom. The highest BCUT2D eigenvalue weighted by Crippen LogP contribution is 2.34. The van der Waals surface area contributed by atoms with Crippen LogP contribution in [0.3, 0.4) is 0 Å². The monoisotopic (exact) mass is 486 g/mol. The molecule has 0 N–H and O–H groups in total. The highest BCUT2D eigenvalue weighted by molar-refractivity contribution is 7.15. The van der Waals surface area contributed by atoms with Crippen LogP contribution in [0.2, 0.25) is 0 Å². The molecule has 1 amide bonds. The predicted molar refractivity (Wildman–Crippen MR) is 140 cm³/mol. The van der Waals surface area contributed by atoms with Gasteiger partial charge in [0.15, 0.2) is 5.78 Å². The summed E-state index contributed by atoms with van der Waals surface area (Å²) in [5.41, 5.74) is 2.98. The molecular formula is C29H30N2O3S. The fourth-order valence-corrected chi connectivity index (χ4v) is 6.20. The summed E-state index contributed by atoms with van der Waals surface area (Å²) >= 11 is 1.56. The smallest absolute Gasteiger partial charge is 0.274 e. The molecule has 180 valence electrons. The molecule has 3 heterocycles. The molecular weight excluding hydrogens is 456 g/mol. The van der Waals surface area contributed by atoms with Crippen LogP contribution in [0, 0.1) is 19.8 Å². The lowest BCUT2D eigenvalue weighted by atomic mass is 9.86. The Hall–Kier alpha value is -3.25. The Kier molecular flexibility index (Phi) is 6.56. The molecule has 0 saturated carbocycles. The number of carbonyl (C=O) groups is 2. The van der Waals surface area contributed by atoms with E-state index in [0.717, 1.165) is 45.0 Å². The summed E-state index contributed by atoms with van der Waals surface area (Å²) in [5.74, 6) is 1.19. The molecule has 1 aliphatic rings. The second-order valence-corrected chi connectivity index (χ2v) is 10.7. The van der Waals surface area contributed by atoms with E-state index in [0.29, 0.717) is 36.6 Å². The second kappa shape index (κ2) is 9.78. The second-order valence-electron chi connectivity index (χ2n) is 9.50. The molecule has 2 aromatic carbocycles. The lowest BCUT2D eigenvalue weighted by Crippen LogP contribution is -2.48. The minimum absolute atomic E-state index is 0.0103. The van der Waals surface area contributed by atoms with Crippen molar-refractivity contribution in [3.05, 3.63) is 76.6 Å². The summed E-state index contributed by atoms with van der Waals surface area (Å²) in [6, 6.07) is 17.6. The van der Waals surface area contributed by atoms with Gasteiger partial charge in [-0.3, -0.25) is 9.59 Å². The first kappa shape index (κ1) is 23.5. The number of aryl methyl sites for hydroxylation is 2. The van der Waals surface area contributed by atoms with Gasteiger partial charge in [0, 0.05) is 30.0 Å². The van der Waals surface area contributed by atoms with Gasteiger partial charge in [0.25, 0.3) is 5.91 Å². The molecule has 1 saturated heterocycles. The maximum absolute atomic E-state index is 13.8. The average Bonchev–Trinajstić information content (AvgIpc) is 3.44. The summed E-state index contributed by atoms with van der Waals surface area (Å²) in [7, 11) is 0. The van der Waals surface area contributed by atoms with E-state index in [1.165, 1.54) is 0 Å². The van der Waals surface area contributed by atoms with Crippen LogP contribution in [0.25, 0.3) is 21.4 Å². The zero-order valence-corrected chi connectivity index (χ0v) is 21.2. The maximum Gasteiger partial charge on any atom is 0.274 e. The molecule has 2 atom stereocenters. The van der Waals surface area contributed by atoms with E-state index in [1.807, 2.05) is 73.3 Å². The number of benzene rings is 2. The summed E-state index contributed by atoms with van der Waals surface area (Å²) in [6.07, 6.45) is 3.06. The van der Waals surface area contributed by atoms with Gasteiger partial charge >= 0.3 is 0 Å². The zero-order valence-electron chi connectivity index (χ0n) is 20.4. The third-order valence-electron chi connectivity index (χ3n) is 7.00. The van der Waals surface area contributed by atoms with Crippen molar-refractivity contribution in [2.75, 3.05) is 6.54 Å². The first-order valence-electron chi connectivity index (χ1n) is 12.3. The Labute approximate surface area is 209 Å². The van der Waals surface area contributed by atoms with E-state index >= 15 is 0 Å². The number of piperidine rings is 1. The maximum atomic E-state index is 13.8. The number of ketones is 1. The molecule has 0 radical (unpaired) electrons. The van der Waals surface area contributed by atoms with E-state index in [1.54, 1.807) is 11.3 Å². The van der Waals surface area contributed by atoms with Crippen molar-refractivity contribution in [1.29, 1.82) is 0 Å². The number of thiazole rings is 1. The topological polar surface area (TPSA) is 63.4 Å². The number of likely N-dealkylation sites (tertiary alicyclic amines) is 1. The molecule has 1 aliphatic heterocycles. The minimum Gasteiger partial charge on any atom is -0.461 e. The normalized spacial score (nSPS) is 18.2. The lowest BCUT2D eigenvalue weighted by molar-refractivity contribution is 0.0484. The molecule has 6 heteroatoms. The van der Waals surface area contributed by atoms with Gasteiger partial charge in [-0.15, -0.1) is 11.3 Å². The fraction of sp³-hybridized carbons (Fsp3) is 0.345. The Bertz CT molecular complexity index is 1370. The molecule has 0 aliphatic carbocycles. The van der Waals surface area contributed by atoms with E-state index in [-0.39, 0.29) is 17.7 Å². The molecule has 2 aromatic heterocycles. The number of rotatable bonds is 6. The summed E-state index contributed by atoms with van der Waals surface area (Å²) in [5, 5.41) is 1.75. The third kappa shape index (κ3) is 4.67. The van der Waals surface area contributed by atoms with Crippen molar-refractivity contribution >= 4 is 34.0 Å². The first-order valence-corrected chi connectivity index (χ1v) is 13.1. The van der Waals surface area contributed by atoms with Crippen LogP contribution in [-0.2, 0) is 0 Å². The largest absolute Gasteiger partial charge is 0.461 e. The first-order chi connectivity index (χ1) is 16.9. The quantitative estimate of drug-likeness (QED) is 0.273. The molecule has 0 bridgehead atoms. The van der Waals surface area contributed by atoms with Crippen LogP contribution in [0.5, 0.6) is 0 Å². The Morgan fingerprint density at radius 1 is 1.11 bits per heavy atom. The molecule has 0 unspecified atom stereocenters. The number of carbonyl (C=O) groups excluding carboxylic acids is 2. The summed E-state index contributed by atoms with van der Waals surface area (Å²) in [4.78, 5) is 34.6. The molecule has 1 fully saturated rings. The zero-order chi connectivity index (χ0) is 24.5. The number of hydrogen-bond donors (Lipinski definition) is 0. The molecule has 4 aromatic rings. The number of hydrogen-bond acceptors (Lipinski definition) is 5. The highest BCUT2D eigenvalue weighted by Gasteiger charge is 2.35. The molecule has 5 nitrogen and oxygen atoms in total. The van der Waals surface area contributed by atoms with Gasteiger partial charge in [-0.1, -0.05) is 49.4 Å². The lowest BCUT2D eigenvalue weighted by Gasteiger charge is -2.40. The number of furan rings is 1. The summed E-state index contributed by atoms with van der Waals surface area (Å²) in [6.45, 7) is 6.73. The van der Waals surface area contributed by atoms with Crippen LogP contribution in [0.1, 0.15) is 64.2 Å². The molecule has 5 rings (SSSR count). The number of fused-ring (bicyclic) bond motifs is 1. The van der Waals surface area contributed by atoms with Gasteiger partial charge in [0.05, 0.1) is 9.88 Å². The van der Waals surface area contributed by atoms with Gasteiger partial charge < -0.3 is 9.32 Å². The number of amides is 1. The van der Waals surface area contributed by atoms with Crippen LogP contribution in [-0.4, -0.2) is 34.2 Å². The number of Topliss-reactive ketones (excluding diaryl/α,β-unsaturated/α-hetero) is 1. The molecule has 0 spiro atoms. The fourth-order valence-electron chi connectivity index (χ4n) is 5.28. The van der Waals surface area contributed by atoms with Crippen molar-refractivity contribution in [3.63, 3.8) is 0 Å². The van der Waals surface area contributed by atoms with Crippen LogP contribution < -0.4 is 0 Å². The van der Waals surface area contributed by atoms with Gasteiger partial charge in [0.2, 0.25) is 0 Å². The highest BCUT2D eigenvalue weighted by atomic mass is 32.1. The van der Waals surface area contributed by atoms with Gasteiger partial charge in [-0.25, -0.2) is 4.98 Å². The van der Waals surface area contributed by atoms with Gasteiger partial charge in [0.1, 0.15) is 17.0 Å². The van der Waals surface area contributed by atoms with Gasteiger partial charge in [-0.05, 0) is 56.7 Å². The standard InChI is InChI=1S/C29H30N2O3S/c1-18-9-8-16-31(29(33)27-28(35-20(3)30-27)21-10-5-4-6-11-21)24(18)14-15-25(32)22-12-7-13-26-23(22)17-19(2)34-26/h4-7,10-13,17-18,24H,8-9,14-16H2,1-3H3/t18-,24-/m1/s1. The van der Waals surface area contributed by atoms with Crippen molar-refractivity contribution in [1.82, 2.24) is 9.88 Å². The number of aromatic nitrogens is 1. The van der Waals surface area contributed by atoms with Crippen molar-refractivity contribution < 1.29 is 14.0 Å². The Morgan fingerprint density at radius 2 is 1.91 bits per heavy atom. The van der Waals surface area contributed by atoms with Crippen molar-refractivity contribution in [2.24, 2.45) is 5.92 Å². The minimum atomic E-state index is -0.0234. The number of nitrogens with zero attached hydrogens (tertiary/aromatic N) is 2. The SMILES string of the molecule is Cc1cc2c(C(=O)CC[C@@H]3[C@H](C)CCCN3C(=O)c3nc(C)sc3-c3ccccc3)cccc2o1. The predicted octanol–water partition coefficient (Wildman–Crippen LogP) is 7.08. The van der Waals surface area contributed by atoms with Crippen LogP contribution >= 0.6 is 11.3 Å². The van der Waals surface area contributed by atoms with Crippen LogP contribution in [0.4, 0.5) is 0 Å². The third-order valence-corrected chi connectivity index (χ3v) is 8.02. The average molecular weight is 487 g/mol. The van der Waals surface area contributed by atoms with Crippen molar-refractivity contribution in [3.8, 4) is 10.4 Å². The summed E-state index contributed by atoms with van der Waals surface area (Å²) < 4.78 is 5.71. The Balaban J connectivity index is 1.38. The van der Waals surface area contributed by atoms with Gasteiger partial charge in [-0.2, -0.15) is 0 Å². The van der Waals surface area contributed by atoms with Crippen LogP contribution in [0.15, 0.2) is 59.0 Å². The van der Waals surface area contributed by atoms with E-state index in [9.17, 15) is 9.59 Å². The van der Waals surface area contributed by atoms with E-state index < -0.39 is 0 Å². The van der Waals surface area contributed by atoms with E-state index in [2.05, 4.69) is 11.9 Å². The van der Waals surface area contributed by atoms with Crippen molar-refractivity contribution in [2.45, 2.75) is 52.5 Å². The molecule has 35 heavy (non-hydrogen) atoms. The van der Waals surface area contributed by atoms with E-state index in [4.69, 9.17) is 4.42 Å².